The van der Waals surface area contributed by atoms with Gasteiger partial charge in [0.2, 0.25) is 0 Å². The fourth-order valence-electron chi connectivity index (χ4n) is 3.79. The van der Waals surface area contributed by atoms with E-state index < -0.39 is 0 Å². The number of carbonyl (C=O) groups is 1. The number of para-hydroxylation sites is 2. The molecule has 2 aromatic carbocycles. The molecule has 0 radical (unpaired) electrons. The summed E-state index contributed by atoms with van der Waals surface area (Å²) in [7, 11) is 0. The molecular weight excluding hydrogens is 400 g/mol. The van der Waals surface area contributed by atoms with Crippen LogP contribution in [0.1, 0.15) is 44.1 Å². The number of nitrogens with one attached hydrogen (secondary N) is 2. The molecule has 0 saturated carbocycles. The fraction of sp³-hybridized carbons (Fsp3) is 0.385. The minimum atomic E-state index is -0.200. The Balaban J connectivity index is 1.56. The molecule has 0 aliphatic carbocycles. The van der Waals surface area contributed by atoms with Crippen molar-refractivity contribution in [3.05, 3.63) is 66.1 Å². The van der Waals surface area contributed by atoms with E-state index in [2.05, 4.69) is 58.3 Å². The average Bonchev–Trinajstić information content (AvgIpc) is 3.08. The SMILES string of the molecule is CCCCCNC(=O)Nc1ccccc1OCCCn1c(C)nc(C)c1-c1ccccc1. The van der Waals surface area contributed by atoms with Gasteiger partial charge in [0.15, 0.2) is 0 Å². The van der Waals surface area contributed by atoms with Crippen LogP contribution in [-0.4, -0.2) is 28.7 Å². The highest BCUT2D eigenvalue weighted by atomic mass is 16.5. The number of ether oxygens (including phenoxy) is 1. The molecule has 0 aliphatic rings. The Labute approximate surface area is 191 Å². The molecule has 6 nitrogen and oxygen atoms in total. The molecule has 2 N–H and O–H groups in total. The van der Waals surface area contributed by atoms with Crippen LogP contribution in [0.15, 0.2) is 54.6 Å². The van der Waals surface area contributed by atoms with Crippen LogP contribution in [0, 0.1) is 13.8 Å². The maximum Gasteiger partial charge on any atom is 0.319 e. The van der Waals surface area contributed by atoms with Crippen molar-refractivity contribution in [2.24, 2.45) is 0 Å². The molecular formula is C26H34N4O2. The molecule has 32 heavy (non-hydrogen) atoms. The van der Waals surface area contributed by atoms with E-state index in [-0.39, 0.29) is 6.03 Å². The van der Waals surface area contributed by atoms with Crippen molar-refractivity contribution in [3.63, 3.8) is 0 Å². The molecule has 0 bridgehead atoms. The van der Waals surface area contributed by atoms with Gasteiger partial charge in [-0.1, -0.05) is 62.2 Å². The maximum absolute atomic E-state index is 12.2. The van der Waals surface area contributed by atoms with Crippen molar-refractivity contribution in [1.29, 1.82) is 0 Å². The first-order valence-corrected chi connectivity index (χ1v) is 11.5. The first-order chi connectivity index (χ1) is 15.6. The number of rotatable bonds is 11. The van der Waals surface area contributed by atoms with E-state index in [0.717, 1.165) is 49.4 Å². The van der Waals surface area contributed by atoms with E-state index in [4.69, 9.17) is 4.74 Å². The summed E-state index contributed by atoms with van der Waals surface area (Å²) in [5.41, 5.74) is 4.05. The first-order valence-electron chi connectivity index (χ1n) is 11.5. The highest BCUT2D eigenvalue weighted by Gasteiger charge is 2.13. The van der Waals surface area contributed by atoms with E-state index >= 15 is 0 Å². The maximum atomic E-state index is 12.2. The molecule has 2 amide bonds. The Morgan fingerprint density at radius 1 is 1.00 bits per heavy atom. The highest BCUT2D eigenvalue weighted by molar-refractivity contribution is 5.90. The summed E-state index contributed by atoms with van der Waals surface area (Å²) in [6.45, 7) is 8.27. The minimum Gasteiger partial charge on any atom is -0.491 e. The van der Waals surface area contributed by atoms with Gasteiger partial charge in [-0.3, -0.25) is 0 Å². The molecule has 0 saturated heterocycles. The van der Waals surface area contributed by atoms with Crippen molar-refractivity contribution in [2.75, 3.05) is 18.5 Å². The van der Waals surface area contributed by atoms with E-state index in [9.17, 15) is 4.79 Å². The molecule has 0 unspecified atom stereocenters. The number of hydrogen-bond donors (Lipinski definition) is 2. The number of hydrogen-bond acceptors (Lipinski definition) is 3. The Kier molecular flexibility index (Phi) is 8.72. The molecule has 1 heterocycles. The lowest BCUT2D eigenvalue weighted by Crippen LogP contribution is -2.29. The predicted molar refractivity (Wildman–Crippen MR) is 130 cm³/mol. The summed E-state index contributed by atoms with van der Waals surface area (Å²) in [6.07, 6.45) is 4.06. The average molecular weight is 435 g/mol. The van der Waals surface area contributed by atoms with E-state index in [1.807, 2.05) is 37.3 Å². The lowest BCUT2D eigenvalue weighted by atomic mass is 10.1. The molecule has 6 heteroatoms. The van der Waals surface area contributed by atoms with Crippen LogP contribution in [0.2, 0.25) is 0 Å². The second kappa shape index (κ2) is 11.9. The molecule has 1 aromatic heterocycles. The van der Waals surface area contributed by atoms with Gasteiger partial charge in [-0.2, -0.15) is 0 Å². The van der Waals surface area contributed by atoms with Gasteiger partial charge < -0.3 is 19.9 Å². The molecule has 3 rings (SSSR count). The van der Waals surface area contributed by atoms with Crippen LogP contribution >= 0.6 is 0 Å². The summed E-state index contributed by atoms with van der Waals surface area (Å²) in [5.74, 6) is 1.68. The largest absolute Gasteiger partial charge is 0.491 e. The number of urea groups is 1. The zero-order valence-electron chi connectivity index (χ0n) is 19.4. The zero-order chi connectivity index (χ0) is 22.8. The van der Waals surface area contributed by atoms with Crippen LogP contribution in [0.4, 0.5) is 10.5 Å². The standard InChI is InChI=1S/C26H34N4O2/c1-4-5-11-17-27-26(31)29-23-15-9-10-16-24(23)32-19-12-18-30-21(3)28-20(2)25(30)22-13-7-6-8-14-22/h6-10,13-16H,4-5,11-12,17-19H2,1-3H3,(H2,27,29,31). The lowest BCUT2D eigenvalue weighted by molar-refractivity contribution is 0.251. The summed E-state index contributed by atoms with van der Waals surface area (Å²) in [6, 6.07) is 17.7. The molecule has 0 atom stereocenters. The van der Waals surface area contributed by atoms with Crippen LogP contribution in [0.5, 0.6) is 5.75 Å². The summed E-state index contributed by atoms with van der Waals surface area (Å²) < 4.78 is 8.27. The molecule has 0 fully saturated rings. The van der Waals surface area contributed by atoms with Crippen LogP contribution in [-0.2, 0) is 6.54 Å². The third-order valence-corrected chi connectivity index (χ3v) is 5.36. The number of nitrogens with zero attached hydrogens (tertiary/aromatic N) is 2. The first kappa shape index (κ1) is 23.4. The van der Waals surface area contributed by atoms with Crippen LogP contribution < -0.4 is 15.4 Å². The third kappa shape index (κ3) is 6.36. The normalized spacial score (nSPS) is 10.7. The van der Waals surface area contributed by atoms with Crippen molar-refractivity contribution in [1.82, 2.24) is 14.9 Å². The monoisotopic (exact) mass is 434 g/mol. The second-order valence-corrected chi connectivity index (χ2v) is 7.90. The Morgan fingerprint density at radius 3 is 2.53 bits per heavy atom. The number of carbonyl (C=O) groups excluding carboxylic acids is 1. The summed E-state index contributed by atoms with van der Waals surface area (Å²) in [5, 5.41) is 5.80. The Hall–Kier alpha value is -3.28. The van der Waals surface area contributed by atoms with Gasteiger partial charge in [-0.15, -0.1) is 0 Å². The second-order valence-electron chi connectivity index (χ2n) is 7.90. The van der Waals surface area contributed by atoms with Gasteiger partial charge in [-0.25, -0.2) is 9.78 Å². The molecule has 3 aromatic rings. The highest BCUT2D eigenvalue weighted by Crippen LogP contribution is 2.26. The predicted octanol–water partition coefficient (Wildman–Crippen LogP) is 5.95. The van der Waals surface area contributed by atoms with E-state index in [0.29, 0.717) is 24.6 Å². The van der Waals surface area contributed by atoms with Gasteiger partial charge >= 0.3 is 6.03 Å². The van der Waals surface area contributed by atoms with Gasteiger partial charge in [0.1, 0.15) is 11.6 Å². The number of benzene rings is 2. The van der Waals surface area contributed by atoms with Crippen molar-refractivity contribution >= 4 is 11.7 Å². The van der Waals surface area contributed by atoms with E-state index in [1.165, 1.54) is 5.56 Å². The number of unbranched alkanes of at least 4 members (excludes halogenated alkanes) is 2. The zero-order valence-corrected chi connectivity index (χ0v) is 19.4. The third-order valence-electron chi connectivity index (χ3n) is 5.36. The Morgan fingerprint density at radius 2 is 1.75 bits per heavy atom. The number of aryl methyl sites for hydroxylation is 2. The lowest BCUT2D eigenvalue weighted by Gasteiger charge is -2.14. The van der Waals surface area contributed by atoms with Gasteiger partial charge in [0.05, 0.1) is 23.7 Å². The molecule has 0 spiro atoms. The summed E-state index contributed by atoms with van der Waals surface area (Å²) >= 11 is 0. The van der Waals surface area contributed by atoms with Gasteiger partial charge in [0.25, 0.3) is 0 Å². The van der Waals surface area contributed by atoms with Gasteiger partial charge in [-0.05, 0) is 38.8 Å². The topological polar surface area (TPSA) is 68.2 Å². The van der Waals surface area contributed by atoms with Crippen molar-refractivity contribution in [2.45, 2.75) is 53.0 Å². The molecule has 0 aliphatic heterocycles. The number of aromatic nitrogens is 2. The van der Waals surface area contributed by atoms with Crippen LogP contribution in [0.3, 0.4) is 0 Å². The number of anilines is 1. The van der Waals surface area contributed by atoms with E-state index in [1.54, 1.807) is 0 Å². The van der Waals surface area contributed by atoms with Gasteiger partial charge in [0, 0.05) is 18.7 Å². The van der Waals surface area contributed by atoms with Crippen molar-refractivity contribution < 1.29 is 9.53 Å². The smallest absolute Gasteiger partial charge is 0.319 e. The fourth-order valence-corrected chi connectivity index (χ4v) is 3.79. The van der Waals surface area contributed by atoms with Crippen molar-refractivity contribution in [3.8, 4) is 17.0 Å². The number of amides is 2. The Bertz CT molecular complexity index is 998. The molecule has 170 valence electrons. The quantitative estimate of drug-likeness (QED) is 0.367. The van der Waals surface area contributed by atoms with Crippen LogP contribution in [0.25, 0.3) is 11.3 Å². The minimum absolute atomic E-state index is 0.200. The number of imidazole rings is 1. The summed E-state index contributed by atoms with van der Waals surface area (Å²) in [4.78, 5) is 16.8.